The van der Waals surface area contributed by atoms with Crippen molar-refractivity contribution in [3.05, 3.63) is 29.8 Å². The fourth-order valence-corrected chi connectivity index (χ4v) is 1.92. The molecule has 0 saturated heterocycles. The number of ether oxygens (including phenoxy) is 1. The van der Waals surface area contributed by atoms with Crippen LogP contribution < -0.4 is 4.74 Å². The van der Waals surface area contributed by atoms with Gasteiger partial charge in [0.25, 0.3) is 0 Å². The molecule has 0 aliphatic carbocycles. The molecule has 0 heterocycles. The summed E-state index contributed by atoms with van der Waals surface area (Å²) in [6.45, 7) is 10.2. The molecule has 0 saturated carbocycles. The highest BCUT2D eigenvalue weighted by molar-refractivity contribution is 7.91. The van der Waals surface area contributed by atoms with Gasteiger partial charge in [-0.05, 0) is 46.8 Å². The first-order chi connectivity index (χ1) is 8.34. The Morgan fingerprint density at radius 1 is 1.39 bits per heavy atom. The van der Waals surface area contributed by atoms with Gasteiger partial charge >= 0.3 is 0 Å². The number of hydrogen-bond donors (Lipinski definition) is 0. The van der Waals surface area contributed by atoms with Crippen molar-refractivity contribution < 1.29 is 9.29 Å². The van der Waals surface area contributed by atoms with Crippen molar-refractivity contribution in [1.29, 1.82) is 0 Å². The van der Waals surface area contributed by atoms with Crippen LogP contribution in [0.15, 0.2) is 28.7 Å². The molecule has 1 aromatic rings. The second-order valence-corrected chi connectivity index (χ2v) is 6.90. The summed E-state index contributed by atoms with van der Waals surface area (Å²) in [7, 11) is 0. The molecule has 100 valence electrons. The molecule has 0 N–H and O–H groups in total. The molecule has 0 aromatic heterocycles. The molecule has 0 radical (unpaired) electrons. The highest BCUT2D eigenvalue weighted by atomic mass is 32.2. The zero-order valence-electron chi connectivity index (χ0n) is 11.7. The molecule has 0 bridgehead atoms. The molecule has 1 atom stereocenters. The fraction of sp³-hybridized carbons (Fsp3) is 0.500. The van der Waals surface area contributed by atoms with E-state index in [4.69, 9.17) is 4.74 Å². The summed E-state index contributed by atoms with van der Waals surface area (Å²) in [6.07, 6.45) is 0. The van der Waals surface area contributed by atoms with E-state index in [0.29, 0.717) is 6.61 Å². The lowest BCUT2D eigenvalue weighted by Gasteiger charge is -2.18. The van der Waals surface area contributed by atoms with E-state index in [2.05, 4.69) is 4.40 Å². The summed E-state index contributed by atoms with van der Waals surface area (Å²) in [5, 5.41) is 0. The molecule has 0 unspecified atom stereocenters. The lowest BCUT2D eigenvalue weighted by Crippen LogP contribution is -2.26. The van der Waals surface area contributed by atoms with E-state index in [-0.39, 0.29) is 4.75 Å². The maximum atomic E-state index is 12.0. The number of rotatable bonds is 4. The Balaban J connectivity index is 2.92. The normalized spacial score (nSPS) is 14.4. The monoisotopic (exact) mass is 267 g/mol. The molecule has 0 spiro atoms. The largest absolute Gasteiger partial charge is 0.591 e. The van der Waals surface area contributed by atoms with E-state index in [1.165, 1.54) is 0 Å². The quantitative estimate of drug-likeness (QED) is 0.620. The van der Waals surface area contributed by atoms with Gasteiger partial charge in [-0.3, -0.25) is 0 Å². The van der Waals surface area contributed by atoms with Crippen LogP contribution in [0.25, 0.3) is 0 Å². The van der Waals surface area contributed by atoms with Crippen LogP contribution in [0.1, 0.15) is 40.2 Å². The average molecular weight is 267 g/mol. The molecule has 1 rings (SSSR count). The zero-order chi connectivity index (χ0) is 13.8. The summed E-state index contributed by atoms with van der Waals surface area (Å²) in [4.78, 5) is 0. The second-order valence-electron chi connectivity index (χ2n) is 5.00. The molecule has 18 heavy (non-hydrogen) atoms. The van der Waals surface area contributed by atoms with Crippen LogP contribution in [-0.4, -0.2) is 21.6 Å². The molecule has 3 nitrogen and oxygen atoms in total. The Morgan fingerprint density at radius 2 is 2.06 bits per heavy atom. The van der Waals surface area contributed by atoms with E-state index in [1.807, 2.05) is 58.9 Å². The summed E-state index contributed by atoms with van der Waals surface area (Å²) < 4.78 is 21.3. The third-order valence-corrected chi connectivity index (χ3v) is 3.79. The van der Waals surface area contributed by atoms with Gasteiger partial charge < -0.3 is 9.29 Å². The van der Waals surface area contributed by atoms with Crippen molar-refractivity contribution >= 4 is 17.1 Å². The van der Waals surface area contributed by atoms with Crippen molar-refractivity contribution in [2.24, 2.45) is 4.40 Å². The summed E-state index contributed by atoms with van der Waals surface area (Å²) in [5.41, 5.74) is 1.71. The maximum absolute atomic E-state index is 12.0. The van der Waals surface area contributed by atoms with E-state index in [1.54, 1.807) is 0 Å². The van der Waals surface area contributed by atoms with Gasteiger partial charge in [-0.1, -0.05) is 16.5 Å². The third-order valence-electron chi connectivity index (χ3n) is 2.31. The SMILES string of the molecule is CCOc1cccc(C(C)=N[S@+]([O-])C(C)(C)C)c1. The van der Waals surface area contributed by atoms with Gasteiger partial charge in [0, 0.05) is 5.56 Å². The van der Waals surface area contributed by atoms with Crippen molar-refractivity contribution in [2.45, 2.75) is 39.4 Å². The number of nitrogens with zero attached hydrogens (tertiary/aromatic N) is 1. The Hall–Kier alpha value is -1.00. The summed E-state index contributed by atoms with van der Waals surface area (Å²) in [6, 6.07) is 7.68. The first-order valence-electron chi connectivity index (χ1n) is 6.05. The smallest absolute Gasteiger partial charge is 0.144 e. The highest BCUT2D eigenvalue weighted by Gasteiger charge is 2.26. The Labute approximate surface area is 113 Å². The van der Waals surface area contributed by atoms with E-state index in [0.717, 1.165) is 17.0 Å². The van der Waals surface area contributed by atoms with Crippen molar-refractivity contribution in [1.82, 2.24) is 0 Å². The molecule has 4 heteroatoms. The van der Waals surface area contributed by atoms with Crippen LogP contribution >= 0.6 is 0 Å². The molecular formula is C14H21NO2S. The lowest BCUT2D eigenvalue weighted by molar-refractivity contribution is 0.340. The Morgan fingerprint density at radius 3 is 2.61 bits per heavy atom. The van der Waals surface area contributed by atoms with Crippen molar-refractivity contribution in [3.63, 3.8) is 0 Å². The Kier molecular flexibility index (Phi) is 5.23. The van der Waals surface area contributed by atoms with Crippen molar-refractivity contribution in [2.75, 3.05) is 6.61 Å². The third kappa shape index (κ3) is 4.35. The van der Waals surface area contributed by atoms with Gasteiger partial charge in [0.05, 0.1) is 12.3 Å². The van der Waals surface area contributed by atoms with Crippen LogP contribution in [0, 0.1) is 0 Å². The predicted octanol–water partition coefficient (Wildman–Crippen LogP) is 3.36. The Bertz CT molecular complexity index is 424. The summed E-state index contributed by atoms with van der Waals surface area (Å²) >= 11 is -1.23. The minimum Gasteiger partial charge on any atom is -0.591 e. The fourth-order valence-electron chi connectivity index (χ4n) is 1.29. The van der Waals surface area contributed by atoms with E-state index >= 15 is 0 Å². The van der Waals surface area contributed by atoms with Gasteiger partial charge in [0.2, 0.25) is 0 Å². The minimum absolute atomic E-state index is 0.335. The maximum Gasteiger partial charge on any atom is 0.144 e. The number of hydrogen-bond acceptors (Lipinski definition) is 3. The van der Waals surface area contributed by atoms with Crippen LogP contribution in [0.4, 0.5) is 0 Å². The van der Waals surface area contributed by atoms with Gasteiger partial charge in [-0.15, -0.1) is 0 Å². The van der Waals surface area contributed by atoms with Crippen LogP contribution in [0.2, 0.25) is 0 Å². The van der Waals surface area contributed by atoms with Crippen LogP contribution in [0.5, 0.6) is 5.75 Å². The average Bonchev–Trinajstić information content (AvgIpc) is 2.28. The topological polar surface area (TPSA) is 44.6 Å². The van der Waals surface area contributed by atoms with Gasteiger partial charge in [0.15, 0.2) is 0 Å². The van der Waals surface area contributed by atoms with E-state index in [9.17, 15) is 4.55 Å². The second kappa shape index (κ2) is 6.25. The van der Waals surface area contributed by atoms with Crippen molar-refractivity contribution in [3.8, 4) is 5.75 Å². The van der Waals surface area contributed by atoms with Gasteiger partial charge in [-0.25, -0.2) is 0 Å². The molecule has 0 aliphatic rings. The van der Waals surface area contributed by atoms with Crippen LogP contribution in [-0.2, 0) is 11.4 Å². The van der Waals surface area contributed by atoms with E-state index < -0.39 is 11.4 Å². The molecule has 0 amide bonds. The molecule has 0 aliphatic heterocycles. The zero-order valence-corrected chi connectivity index (χ0v) is 12.5. The standard InChI is InChI=1S/C14H21NO2S/c1-6-17-13-9-7-8-12(10-13)11(2)15-18(16)14(3,4)5/h7-10H,6H2,1-5H3/t18-/m1/s1. The number of benzene rings is 1. The first kappa shape index (κ1) is 15.1. The predicted molar refractivity (Wildman–Crippen MR) is 77.7 cm³/mol. The summed E-state index contributed by atoms with van der Waals surface area (Å²) in [5.74, 6) is 0.811. The minimum atomic E-state index is -1.23. The molecule has 1 aromatic carbocycles. The lowest BCUT2D eigenvalue weighted by atomic mass is 10.1. The highest BCUT2D eigenvalue weighted by Crippen LogP contribution is 2.19. The van der Waals surface area contributed by atoms with Crippen LogP contribution in [0.3, 0.4) is 0 Å². The van der Waals surface area contributed by atoms with Gasteiger partial charge in [-0.2, -0.15) is 0 Å². The molecular weight excluding hydrogens is 246 g/mol. The first-order valence-corrected chi connectivity index (χ1v) is 7.15. The van der Waals surface area contributed by atoms with Gasteiger partial charge in [0.1, 0.15) is 21.9 Å². The molecule has 0 fully saturated rings.